The van der Waals surface area contributed by atoms with Gasteiger partial charge in [0.05, 0.1) is 5.69 Å². The van der Waals surface area contributed by atoms with E-state index in [-0.39, 0.29) is 24.7 Å². The first-order valence-corrected chi connectivity index (χ1v) is 5.04. The standard InChI is InChI=1S/C12H15NO4/c1-8(2)12(15)17-6-5-16-9-3-4-10(13)11(14)7-9/h3-4,7,14H,1,5-6,13H2,2H3. The van der Waals surface area contributed by atoms with Crippen LogP contribution in [0.25, 0.3) is 0 Å². The van der Waals surface area contributed by atoms with Crippen molar-refractivity contribution in [3.8, 4) is 11.5 Å². The number of hydrogen-bond donors (Lipinski definition) is 2. The molecule has 0 heterocycles. The van der Waals surface area contributed by atoms with Gasteiger partial charge in [0.15, 0.2) is 0 Å². The van der Waals surface area contributed by atoms with E-state index in [2.05, 4.69) is 6.58 Å². The third kappa shape index (κ3) is 4.06. The van der Waals surface area contributed by atoms with Gasteiger partial charge in [-0.1, -0.05) is 6.58 Å². The Labute approximate surface area is 99.5 Å². The van der Waals surface area contributed by atoms with E-state index in [1.807, 2.05) is 0 Å². The van der Waals surface area contributed by atoms with E-state index >= 15 is 0 Å². The van der Waals surface area contributed by atoms with E-state index in [1.54, 1.807) is 13.0 Å². The molecule has 3 N–H and O–H groups in total. The largest absolute Gasteiger partial charge is 0.506 e. The van der Waals surface area contributed by atoms with Crippen molar-refractivity contribution in [1.82, 2.24) is 0 Å². The number of nitrogen functional groups attached to an aromatic ring is 1. The first-order chi connectivity index (χ1) is 8.00. The number of anilines is 1. The number of ether oxygens (including phenoxy) is 2. The molecule has 0 spiro atoms. The number of hydrogen-bond acceptors (Lipinski definition) is 5. The van der Waals surface area contributed by atoms with Crippen LogP contribution in [-0.2, 0) is 9.53 Å². The number of phenolic OH excluding ortho intramolecular Hbond substituents is 1. The molecule has 1 aromatic rings. The zero-order chi connectivity index (χ0) is 12.8. The van der Waals surface area contributed by atoms with Crippen molar-refractivity contribution in [3.63, 3.8) is 0 Å². The van der Waals surface area contributed by atoms with E-state index in [9.17, 15) is 9.90 Å². The summed E-state index contributed by atoms with van der Waals surface area (Å²) in [4.78, 5) is 11.0. The SMILES string of the molecule is C=C(C)C(=O)OCCOc1ccc(N)c(O)c1. The molecule has 0 atom stereocenters. The first-order valence-electron chi connectivity index (χ1n) is 5.04. The van der Waals surface area contributed by atoms with Crippen molar-refractivity contribution in [2.45, 2.75) is 6.92 Å². The molecule has 0 aliphatic carbocycles. The molecule has 0 saturated carbocycles. The molecular weight excluding hydrogens is 222 g/mol. The van der Waals surface area contributed by atoms with Crippen molar-refractivity contribution in [2.24, 2.45) is 0 Å². The second-order valence-electron chi connectivity index (χ2n) is 3.49. The van der Waals surface area contributed by atoms with Gasteiger partial charge >= 0.3 is 5.97 Å². The maximum atomic E-state index is 11.0. The number of phenols is 1. The summed E-state index contributed by atoms with van der Waals surface area (Å²) in [5.41, 5.74) is 6.06. The highest BCUT2D eigenvalue weighted by Crippen LogP contribution is 2.24. The van der Waals surface area contributed by atoms with Crippen molar-refractivity contribution in [3.05, 3.63) is 30.4 Å². The summed E-state index contributed by atoms with van der Waals surface area (Å²) in [6, 6.07) is 4.55. The van der Waals surface area contributed by atoms with Gasteiger partial charge in [0.1, 0.15) is 24.7 Å². The van der Waals surface area contributed by atoms with Crippen LogP contribution in [0.15, 0.2) is 30.4 Å². The molecule has 0 bridgehead atoms. The fraction of sp³-hybridized carbons (Fsp3) is 0.250. The average molecular weight is 237 g/mol. The lowest BCUT2D eigenvalue weighted by atomic mass is 10.3. The second kappa shape index (κ2) is 5.79. The van der Waals surface area contributed by atoms with E-state index in [4.69, 9.17) is 15.2 Å². The molecule has 0 amide bonds. The average Bonchev–Trinajstić information content (AvgIpc) is 2.28. The Bertz CT molecular complexity index is 429. The minimum absolute atomic E-state index is 0.0403. The summed E-state index contributed by atoms with van der Waals surface area (Å²) in [5.74, 6) is -0.0294. The molecule has 0 fully saturated rings. The Morgan fingerprint density at radius 3 is 2.76 bits per heavy atom. The predicted octanol–water partition coefficient (Wildman–Crippen LogP) is 1.47. The summed E-state index contributed by atoms with van der Waals surface area (Å²) in [6.45, 7) is 5.34. The fourth-order valence-electron chi connectivity index (χ4n) is 1.03. The Hall–Kier alpha value is -2.17. The number of aromatic hydroxyl groups is 1. The van der Waals surface area contributed by atoms with Crippen LogP contribution in [0.4, 0.5) is 5.69 Å². The smallest absolute Gasteiger partial charge is 0.333 e. The maximum Gasteiger partial charge on any atom is 0.333 e. The van der Waals surface area contributed by atoms with Crippen LogP contribution in [0.1, 0.15) is 6.92 Å². The van der Waals surface area contributed by atoms with Gasteiger partial charge in [-0.3, -0.25) is 0 Å². The zero-order valence-electron chi connectivity index (χ0n) is 9.60. The van der Waals surface area contributed by atoms with Gasteiger partial charge in [-0.25, -0.2) is 4.79 Å². The van der Waals surface area contributed by atoms with Gasteiger partial charge in [0.2, 0.25) is 0 Å². The van der Waals surface area contributed by atoms with E-state index < -0.39 is 5.97 Å². The van der Waals surface area contributed by atoms with Crippen LogP contribution < -0.4 is 10.5 Å². The molecule has 17 heavy (non-hydrogen) atoms. The third-order valence-corrected chi connectivity index (χ3v) is 1.94. The maximum absolute atomic E-state index is 11.0. The molecule has 1 rings (SSSR count). The molecule has 0 unspecified atom stereocenters. The molecule has 0 saturated heterocycles. The summed E-state index contributed by atoms with van der Waals surface area (Å²) < 4.78 is 10.1. The normalized spacial score (nSPS) is 9.71. The number of rotatable bonds is 5. The van der Waals surface area contributed by atoms with Gasteiger partial charge in [-0.2, -0.15) is 0 Å². The van der Waals surface area contributed by atoms with Crippen molar-refractivity contribution in [1.29, 1.82) is 0 Å². The second-order valence-corrected chi connectivity index (χ2v) is 3.49. The van der Waals surface area contributed by atoms with Crippen LogP contribution in [-0.4, -0.2) is 24.3 Å². The third-order valence-electron chi connectivity index (χ3n) is 1.94. The van der Waals surface area contributed by atoms with Crippen molar-refractivity contribution >= 4 is 11.7 Å². The molecule has 0 aliphatic heterocycles. The number of carbonyl (C=O) groups is 1. The van der Waals surface area contributed by atoms with Gasteiger partial charge < -0.3 is 20.3 Å². The Kier molecular flexibility index (Phi) is 4.39. The molecule has 1 aromatic carbocycles. The van der Waals surface area contributed by atoms with Crippen LogP contribution in [0.2, 0.25) is 0 Å². The first kappa shape index (κ1) is 12.9. The van der Waals surface area contributed by atoms with Crippen LogP contribution in [0.3, 0.4) is 0 Å². The molecule has 0 aromatic heterocycles. The number of esters is 1. The molecule has 0 radical (unpaired) electrons. The van der Waals surface area contributed by atoms with E-state index in [0.717, 1.165) is 0 Å². The van der Waals surface area contributed by atoms with E-state index in [0.29, 0.717) is 11.3 Å². The lowest BCUT2D eigenvalue weighted by molar-refractivity contribution is -0.139. The quantitative estimate of drug-likeness (QED) is 0.266. The Balaban J connectivity index is 2.34. The van der Waals surface area contributed by atoms with Crippen LogP contribution >= 0.6 is 0 Å². The summed E-state index contributed by atoms with van der Waals surface area (Å²) in [7, 11) is 0. The van der Waals surface area contributed by atoms with Gasteiger partial charge in [0.25, 0.3) is 0 Å². The van der Waals surface area contributed by atoms with Crippen LogP contribution in [0, 0.1) is 0 Å². The highest BCUT2D eigenvalue weighted by Gasteiger charge is 2.03. The van der Waals surface area contributed by atoms with Gasteiger partial charge in [0, 0.05) is 11.6 Å². The Morgan fingerprint density at radius 1 is 1.47 bits per heavy atom. The molecule has 92 valence electrons. The minimum atomic E-state index is -0.450. The fourth-order valence-corrected chi connectivity index (χ4v) is 1.03. The van der Waals surface area contributed by atoms with Crippen molar-refractivity contribution < 1.29 is 19.4 Å². The van der Waals surface area contributed by atoms with Gasteiger partial charge in [-0.15, -0.1) is 0 Å². The topological polar surface area (TPSA) is 81.8 Å². The minimum Gasteiger partial charge on any atom is -0.506 e. The van der Waals surface area contributed by atoms with Crippen LogP contribution in [0.5, 0.6) is 11.5 Å². The monoisotopic (exact) mass is 237 g/mol. The van der Waals surface area contributed by atoms with E-state index in [1.165, 1.54) is 12.1 Å². The summed E-state index contributed by atoms with van der Waals surface area (Å²) >= 11 is 0. The number of carbonyl (C=O) groups excluding carboxylic acids is 1. The predicted molar refractivity (Wildman–Crippen MR) is 63.8 cm³/mol. The molecule has 5 nitrogen and oxygen atoms in total. The number of nitrogens with two attached hydrogens (primary N) is 1. The number of benzene rings is 1. The lowest BCUT2D eigenvalue weighted by Crippen LogP contribution is -2.12. The van der Waals surface area contributed by atoms with Crippen molar-refractivity contribution in [2.75, 3.05) is 18.9 Å². The zero-order valence-corrected chi connectivity index (χ0v) is 9.60. The highest BCUT2D eigenvalue weighted by atomic mass is 16.6. The van der Waals surface area contributed by atoms with Gasteiger partial charge in [-0.05, 0) is 19.1 Å². The summed E-state index contributed by atoms with van der Waals surface area (Å²) in [5, 5.41) is 9.32. The lowest BCUT2D eigenvalue weighted by Gasteiger charge is -2.08. The Morgan fingerprint density at radius 2 is 2.18 bits per heavy atom. The molecule has 5 heteroatoms. The highest BCUT2D eigenvalue weighted by molar-refractivity contribution is 5.86. The summed E-state index contributed by atoms with van der Waals surface area (Å²) in [6.07, 6.45) is 0. The molecule has 0 aliphatic rings. The molecular formula is C12H15NO4.